The van der Waals surface area contributed by atoms with E-state index in [0.717, 1.165) is 25.2 Å². The van der Waals surface area contributed by atoms with Crippen LogP contribution in [-0.2, 0) is 29.0 Å². The first-order valence-corrected chi connectivity index (χ1v) is 7.87. The van der Waals surface area contributed by atoms with Crippen LogP contribution >= 0.6 is 0 Å². The lowest BCUT2D eigenvalue weighted by Gasteiger charge is -2.40. The van der Waals surface area contributed by atoms with E-state index in [0.29, 0.717) is 37.9 Å². The Morgan fingerprint density at radius 3 is 3.30 bits per heavy atom. The maximum absolute atomic E-state index is 5.92. The Hall–Kier alpha value is -1.84. The van der Waals surface area contributed by atoms with Gasteiger partial charge < -0.3 is 14.0 Å². The van der Waals surface area contributed by atoms with Gasteiger partial charge in [-0.3, -0.25) is 4.90 Å². The first kappa shape index (κ1) is 14.7. The average molecular weight is 320 g/mol. The SMILES string of the molecule is COCCc1noc(CN2CC[C@@H]3OCc4cnnn4[C@H]3C2)n1. The lowest BCUT2D eigenvalue weighted by atomic mass is 10.0. The molecule has 0 unspecified atom stereocenters. The van der Waals surface area contributed by atoms with E-state index in [2.05, 4.69) is 25.4 Å². The molecule has 2 aliphatic rings. The Bertz CT molecular complexity index is 656. The molecule has 0 N–H and O–H groups in total. The fraction of sp³-hybridized carbons (Fsp3) is 0.714. The van der Waals surface area contributed by atoms with Crippen LogP contribution in [0.5, 0.6) is 0 Å². The standard InChI is InChI=1S/C14H20N6O3/c1-21-5-3-13-16-14(23-17-13)8-19-4-2-12-11(7-19)20-10(9-22-12)6-15-18-20/h6,11-12H,2-5,7-9H2,1H3/t11-,12-/m0/s1. The zero-order chi connectivity index (χ0) is 15.6. The van der Waals surface area contributed by atoms with E-state index in [9.17, 15) is 0 Å². The molecule has 2 aliphatic heterocycles. The van der Waals surface area contributed by atoms with Crippen molar-refractivity contribution in [2.24, 2.45) is 0 Å². The topological polar surface area (TPSA) is 91.3 Å². The molecule has 1 saturated heterocycles. The Kier molecular flexibility index (Phi) is 4.06. The van der Waals surface area contributed by atoms with E-state index in [1.165, 1.54) is 0 Å². The lowest BCUT2D eigenvalue weighted by molar-refractivity contribution is -0.0681. The predicted molar refractivity (Wildman–Crippen MR) is 77.4 cm³/mol. The molecule has 0 radical (unpaired) electrons. The normalized spacial score (nSPS) is 24.4. The van der Waals surface area contributed by atoms with Gasteiger partial charge in [0, 0.05) is 26.6 Å². The second-order valence-corrected chi connectivity index (χ2v) is 5.96. The predicted octanol–water partition coefficient (Wildman–Crippen LogP) is 0.196. The zero-order valence-electron chi connectivity index (χ0n) is 13.1. The Morgan fingerprint density at radius 1 is 1.43 bits per heavy atom. The molecular weight excluding hydrogens is 300 g/mol. The Balaban J connectivity index is 1.41. The van der Waals surface area contributed by atoms with Crippen molar-refractivity contribution >= 4 is 0 Å². The number of methoxy groups -OCH3 is 1. The molecule has 23 heavy (non-hydrogen) atoms. The van der Waals surface area contributed by atoms with E-state index in [-0.39, 0.29) is 12.1 Å². The summed E-state index contributed by atoms with van der Waals surface area (Å²) in [4.78, 5) is 6.72. The van der Waals surface area contributed by atoms with Gasteiger partial charge >= 0.3 is 0 Å². The van der Waals surface area contributed by atoms with Crippen molar-refractivity contribution in [3.8, 4) is 0 Å². The van der Waals surface area contributed by atoms with Crippen LogP contribution < -0.4 is 0 Å². The molecule has 0 amide bonds. The third-order valence-corrected chi connectivity index (χ3v) is 4.41. The highest BCUT2D eigenvalue weighted by Gasteiger charge is 2.36. The van der Waals surface area contributed by atoms with Crippen molar-refractivity contribution < 1.29 is 14.0 Å². The third-order valence-electron chi connectivity index (χ3n) is 4.41. The van der Waals surface area contributed by atoms with Crippen molar-refractivity contribution in [2.75, 3.05) is 26.8 Å². The van der Waals surface area contributed by atoms with E-state index in [1.54, 1.807) is 13.3 Å². The summed E-state index contributed by atoms with van der Waals surface area (Å²) in [6.07, 6.45) is 3.62. The minimum atomic E-state index is 0.200. The van der Waals surface area contributed by atoms with Gasteiger partial charge in [-0.25, -0.2) is 4.68 Å². The van der Waals surface area contributed by atoms with Gasteiger partial charge in [0.15, 0.2) is 5.82 Å². The summed E-state index contributed by atoms with van der Waals surface area (Å²) in [7, 11) is 1.66. The molecule has 124 valence electrons. The minimum absolute atomic E-state index is 0.200. The largest absolute Gasteiger partial charge is 0.384 e. The second kappa shape index (κ2) is 6.34. The first-order chi connectivity index (χ1) is 11.3. The van der Waals surface area contributed by atoms with E-state index in [1.807, 2.05) is 4.68 Å². The fourth-order valence-corrected chi connectivity index (χ4v) is 3.23. The van der Waals surface area contributed by atoms with Gasteiger partial charge in [-0.15, -0.1) is 5.10 Å². The average Bonchev–Trinajstić information content (AvgIpc) is 3.22. The highest BCUT2D eigenvalue weighted by Crippen LogP contribution is 2.30. The van der Waals surface area contributed by atoms with Crippen molar-refractivity contribution in [1.82, 2.24) is 30.0 Å². The number of hydrogen-bond acceptors (Lipinski definition) is 8. The van der Waals surface area contributed by atoms with Gasteiger partial charge in [0.1, 0.15) is 0 Å². The molecule has 0 spiro atoms. The highest BCUT2D eigenvalue weighted by molar-refractivity contribution is 5.01. The summed E-state index contributed by atoms with van der Waals surface area (Å²) in [5, 5.41) is 12.2. The maximum Gasteiger partial charge on any atom is 0.240 e. The summed E-state index contributed by atoms with van der Waals surface area (Å²) in [5.41, 5.74) is 1.03. The molecule has 2 atom stereocenters. The van der Waals surface area contributed by atoms with Crippen LogP contribution in [-0.4, -0.2) is 62.9 Å². The van der Waals surface area contributed by atoms with Crippen LogP contribution in [0.4, 0.5) is 0 Å². The molecule has 2 aromatic heterocycles. The van der Waals surface area contributed by atoms with Gasteiger partial charge in [-0.05, 0) is 6.42 Å². The number of fused-ring (bicyclic) bond motifs is 3. The molecule has 0 saturated carbocycles. The summed E-state index contributed by atoms with van der Waals surface area (Å²) in [6, 6.07) is 0.200. The van der Waals surface area contributed by atoms with Gasteiger partial charge in [-0.1, -0.05) is 10.4 Å². The molecule has 9 nitrogen and oxygen atoms in total. The second-order valence-electron chi connectivity index (χ2n) is 5.96. The van der Waals surface area contributed by atoms with Crippen LogP contribution in [0.25, 0.3) is 0 Å². The molecule has 4 rings (SSSR count). The van der Waals surface area contributed by atoms with Crippen molar-refractivity contribution in [2.45, 2.75) is 38.1 Å². The van der Waals surface area contributed by atoms with E-state index >= 15 is 0 Å². The van der Waals surface area contributed by atoms with Gasteiger partial charge in [-0.2, -0.15) is 4.98 Å². The maximum atomic E-state index is 5.92. The number of aromatic nitrogens is 5. The van der Waals surface area contributed by atoms with Crippen molar-refractivity contribution in [1.29, 1.82) is 0 Å². The number of likely N-dealkylation sites (tertiary alicyclic amines) is 1. The van der Waals surface area contributed by atoms with Crippen molar-refractivity contribution in [3.05, 3.63) is 23.6 Å². The lowest BCUT2D eigenvalue weighted by Crippen LogP contribution is -2.47. The summed E-state index contributed by atoms with van der Waals surface area (Å²) < 4.78 is 18.3. The van der Waals surface area contributed by atoms with Crippen LogP contribution in [0.2, 0.25) is 0 Å². The first-order valence-electron chi connectivity index (χ1n) is 7.87. The third kappa shape index (κ3) is 2.99. The molecule has 0 aliphatic carbocycles. The van der Waals surface area contributed by atoms with Gasteiger partial charge in [0.2, 0.25) is 5.89 Å². The minimum Gasteiger partial charge on any atom is -0.384 e. The van der Waals surface area contributed by atoms with Gasteiger partial charge in [0.25, 0.3) is 0 Å². The Morgan fingerprint density at radius 2 is 2.39 bits per heavy atom. The summed E-state index contributed by atoms with van der Waals surface area (Å²) in [5.74, 6) is 1.33. The van der Waals surface area contributed by atoms with E-state index < -0.39 is 0 Å². The number of ether oxygens (including phenoxy) is 2. The smallest absolute Gasteiger partial charge is 0.240 e. The molecule has 0 bridgehead atoms. The van der Waals surface area contributed by atoms with E-state index in [4.69, 9.17) is 14.0 Å². The molecule has 0 aromatic carbocycles. The fourth-order valence-electron chi connectivity index (χ4n) is 3.23. The number of piperidine rings is 1. The van der Waals surface area contributed by atoms with Crippen LogP contribution in [0.15, 0.2) is 10.7 Å². The highest BCUT2D eigenvalue weighted by atomic mass is 16.5. The molecule has 4 heterocycles. The quantitative estimate of drug-likeness (QED) is 0.771. The van der Waals surface area contributed by atoms with Crippen molar-refractivity contribution in [3.63, 3.8) is 0 Å². The monoisotopic (exact) mass is 320 g/mol. The Labute approximate surface area is 133 Å². The molecule has 1 fully saturated rings. The number of hydrogen-bond donors (Lipinski definition) is 0. The van der Waals surface area contributed by atoms with Crippen LogP contribution in [0.1, 0.15) is 29.9 Å². The zero-order valence-corrected chi connectivity index (χ0v) is 13.1. The summed E-state index contributed by atoms with van der Waals surface area (Å²) >= 11 is 0. The molecule has 2 aromatic rings. The molecule has 9 heteroatoms. The van der Waals surface area contributed by atoms with Gasteiger partial charge in [0.05, 0.1) is 43.8 Å². The van der Waals surface area contributed by atoms with Crippen LogP contribution in [0, 0.1) is 0 Å². The number of rotatable bonds is 5. The van der Waals surface area contributed by atoms with Crippen LogP contribution in [0.3, 0.4) is 0 Å². The number of nitrogens with zero attached hydrogens (tertiary/aromatic N) is 6. The summed E-state index contributed by atoms with van der Waals surface area (Å²) in [6.45, 7) is 3.63. The molecular formula is C14H20N6O3.